The lowest BCUT2D eigenvalue weighted by Crippen LogP contribution is -2.51. The molecule has 90 valence electrons. The van der Waals surface area contributed by atoms with Gasteiger partial charge in [-0.25, -0.2) is 0 Å². The number of likely N-dealkylation sites (N-methyl/N-ethyl adjacent to an activating group) is 2. The molecule has 0 heterocycles. The molecule has 0 aliphatic rings. The average Bonchev–Trinajstić information content (AvgIpc) is 2.11. The van der Waals surface area contributed by atoms with Gasteiger partial charge in [0.1, 0.15) is 0 Å². The molecule has 1 amide bonds. The van der Waals surface area contributed by atoms with Crippen molar-refractivity contribution in [3.05, 3.63) is 0 Å². The molecule has 0 fully saturated rings. The zero-order chi connectivity index (χ0) is 12.1. The van der Waals surface area contributed by atoms with Gasteiger partial charge in [-0.2, -0.15) is 0 Å². The van der Waals surface area contributed by atoms with Crippen LogP contribution in [-0.2, 0) is 4.79 Å². The molecule has 5 heteroatoms. The Bertz CT molecular complexity index is 204. The lowest BCUT2D eigenvalue weighted by molar-refractivity contribution is -0.122. The summed E-state index contributed by atoms with van der Waals surface area (Å²) in [6, 6.07) is 0. The first kappa shape index (κ1) is 14.3. The molecular weight excluding hydrogens is 192 g/mol. The van der Waals surface area contributed by atoms with Crippen LogP contribution in [0.5, 0.6) is 0 Å². The van der Waals surface area contributed by atoms with Crippen molar-refractivity contribution in [3.8, 4) is 0 Å². The Kier molecular flexibility index (Phi) is 5.79. The second-order valence-electron chi connectivity index (χ2n) is 4.64. The highest BCUT2D eigenvalue weighted by Gasteiger charge is 2.25. The predicted molar refractivity (Wildman–Crippen MR) is 62.5 cm³/mol. The molecule has 0 aliphatic carbocycles. The van der Waals surface area contributed by atoms with E-state index in [-0.39, 0.29) is 0 Å². The second-order valence-corrected chi connectivity index (χ2v) is 4.64. The van der Waals surface area contributed by atoms with Crippen LogP contribution in [0, 0.1) is 0 Å². The molecule has 4 N–H and O–H groups in total. The Labute approximate surface area is 92.4 Å². The molecule has 0 radical (unpaired) electrons. The van der Waals surface area contributed by atoms with Gasteiger partial charge < -0.3 is 21.3 Å². The lowest BCUT2D eigenvalue weighted by Gasteiger charge is -2.25. The fourth-order valence-corrected chi connectivity index (χ4v) is 1.03. The van der Waals surface area contributed by atoms with Gasteiger partial charge in [0.15, 0.2) is 0 Å². The third-order valence-electron chi connectivity index (χ3n) is 2.50. The predicted octanol–water partition coefficient (Wildman–Crippen LogP) is -0.927. The van der Waals surface area contributed by atoms with Crippen LogP contribution in [0.3, 0.4) is 0 Å². The maximum absolute atomic E-state index is 11.0. The minimum atomic E-state index is -0.896. The number of hydrogen-bond donors (Lipinski definition) is 2. The van der Waals surface area contributed by atoms with Crippen LogP contribution in [0.1, 0.15) is 13.3 Å². The monoisotopic (exact) mass is 216 g/mol. The van der Waals surface area contributed by atoms with Gasteiger partial charge in [-0.05, 0) is 34.5 Å². The number of rotatable bonds is 7. The Hall–Kier alpha value is -0.650. The lowest BCUT2D eigenvalue weighted by atomic mass is 9.98. The van der Waals surface area contributed by atoms with E-state index in [2.05, 4.69) is 9.80 Å². The van der Waals surface area contributed by atoms with E-state index in [1.165, 1.54) is 0 Å². The molecular formula is C10H24N4O. The average molecular weight is 216 g/mol. The first-order chi connectivity index (χ1) is 6.75. The summed E-state index contributed by atoms with van der Waals surface area (Å²) in [5.41, 5.74) is 10.0. The first-order valence-electron chi connectivity index (χ1n) is 5.18. The van der Waals surface area contributed by atoms with Crippen LogP contribution in [0.4, 0.5) is 0 Å². The summed E-state index contributed by atoms with van der Waals surface area (Å²) in [7, 11) is 6.08. The normalized spacial score (nSPS) is 15.7. The summed E-state index contributed by atoms with van der Waals surface area (Å²) >= 11 is 0. The fraction of sp³-hybridized carbons (Fsp3) is 0.900. The van der Waals surface area contributed by atoms with E-state index in [1.807, 2.05) is 21.1 Å². The zero-order valence-electron chi connectivity index (χ0n) is 10.3. The van der Waals surface area contributed by atoms with Gasteiger partial charge in [0.05, 0.1) is 5.54 Å². The van der Waals surface area contributed by atoms with Gasteiger partial charge >= 0.3 is 0 Å². The summed E-state index contributed by atoms with van der Waals surface area (Å²) in [5.74, 6) is -0.441. The second kappa shape index (κ2) is 6.05. The van der Waals surface area contributed by atoms with E-state index in [1.54, 1.807) is 6.92 Å². The van der Waals surface area contributed by atoms with Gasteiger partial charge in [-0.15, -0.1) is 0 Å². The van der Waals surface area contributed by atoms with Crippen molar-refractivity contribution in [3.63, 3.8) is 0 Å². The number of carbonyl (C=O) groups excluding carboxylic acids is 1. The van der Waals surface area contributed by atoms with Crippen molar-refractivity contribution in [2.75, 3.05) is 40.8 Å². The molecule has 0 aromatic heterocycles. The van der Waals surface area contributed by atoms with Gasteiger partial charge in [-0.1, -0.05) is 0 Å². The van der Waals surface area contributed by atoms with Crippen molar-refractivity contribution in [2.24, 2.45) is 11.5 Å². The molecule has 0 spiro atoms. The molecule has 0 saturated carbocycles. The molecule has 1 unspecified atom stereocenters. The standard InChI is InChI=1S/C10H24N4O/c1-10(12,9(11)15)5-6-14(4)8-7-13(2)3/h5-8,12H2,1-4H3,(H2,11,15). The van der Waals surface area contributed by atoms with Crippen LogP contribution < -0.4 is 11.5 Å². The first-order valence-corrected chi connectivity index (χ1v) is 5.18. The van der Waals surface area contributed by atoms with Crippen molar-refractivity contribution in [1.29, 1.82) is 0 Å². The molecule has 0 rings (SSSR count). The Morgan fingerprint density at radius 3 is 2.13 bits per heavy atom. The number of hydrogen-bond acceptors (Lipinski definition) is 4. The molecule has 0 aromatic rings. The summed E-state index contributed by atoms with van der Waals surface area (Å²) in [6.07, 6.45) is 0.590. The zero-order valence-corrected chi connectivity index (χ0v) is 10.3. The molecule has 0 aliphatic heterocycles. The maximum atomic E-state index is 11.0. The smallest absolute Gasteiger partial charge is 0.237 e. The highest BCUT2D eigenvalue weighted by molar-refractivity contribution is 5.83. The number of nitrogens with zero attached hydrogens (tertiary/aromatic N) is 2. The van der Waals surface area contributed by atoms with Gasteiger partial charge in [-0.3, -0.25) is 4.79 Å². The maximum Gasteiger partial charge on any atom is 0.237 e. The van der Waals surface area contributed by atoms with Crippen LogP contribution in [0.25, 0.3) is 0 Å². The van der Waals surface area contributed by atoms with Crippen LogP contribution in [0.15, 0.2) is 0 Å². The summed E-state index contributed by atoms with van der Waals surface area (Å²) in [6.45, 7) is 4.41. The molecule has 1 atom stereocenters. The van der Waals surface area contributed by atoms with E-state index in [0.29, 0.717) is 6.42 Å². The highest BCUT2D eigenvalue weighted by atomic mass is 16.1. The highest BCUT2D eigenvalue weighted by Crippen LogP contribution is 2.05. The van der Waals surface area contributed by atoms with Crippen molar-refractivity contribution in [1.82, 2.24) is 9.80 Å². The third-order valence-corrected chi connectivity index (χ3v) is 2.50. The Morgan fingerprint density at radius 1 is 1.20 bits per heavy atom. The van der Waals surface area contributed by atoms with Crippen LogP contribution >= 0.6 is 0 Å². The van der Waals surface area contributed by atoms with Gasteiger partial charge in [0.25, 0.3) is 0 Å². The third kappa shape index (κ3) is 6.43. The number of amides is 1. The molecule has 0 bridgehead atoms. The summed E-state index contributed by atoms with van der Waals surface area (Å²) in [4.78, 5) is 15.2. The van der Waals surface area contributed by atoms with Crippen LogP contribution in [-0.4, -0.2) is 62.0 Å². The Balaban J connectivity index is 3.80. The molecule has 5 nitrogen and oxygen atoms in total. The van der Waals surface area contributed by atoms with E-state index in [0.717, 1.165) is 19.6 Å². The van der Waals surface area contributed by atoms with Crippen molar-refractivity contribution >= 4 is 5.91 Å². The fourth-order valence-electron chi connectivity index (χ4n) is 1.03. The molecule has 0 aromatic carbocycles. The van der Waals surface area contributed by atoms with Crippen molar-refractivity contribution in [2.45, 2.75) is 18.9 Å². The Morgan fingerprint density at radius 2 is 1.73 bits per heavy atom. The largest absolute Gasteiger partial charge is 0.368 e. The quantitative estimate of drug-likeness (QED) is 0.577. The van der Waals surface area contributed by atoms with Gasteiger partial charge in [0, 0.05) is 19.6 Å². The minimum absolute atomic E-state index is 0.441. The number of nitrogens with two attached hydrogens (primary N) is 2. The number of carbonyl (C=O) groups is 1. The van der Waals surface area contributed by atoms with Crippen LogP contribution in [0.2, 0.25) is 0 Å². The minimum Gasteiger partial charge on any atom is -0.368 e. The number of primary amides is 1. The summed E-state index contributed by atoms with van der Waals surface area (Å²) in [5, 5.41) is 0. The van der Waals surface area contributed by atoms with Crippen molar-refractivity contribution < 1.29 is 4.79 Å². The van der Waals surface area contributed by atoms with Gasteiger partial charge in [0.2, 0.25) is 5.91 Å². The van der Waals surface area contributed by atoms with E-state index >= 15 is 0 Å². The summed E-state index contributed by atoms with van der Waals surface area (Å²) < 4.78 is 0. The molecule has 15 heavy (non-hydrogen) atoms. The van der Waals surface area contributed by atoms with E-state index in [4.69, 9.17) is 11.5 Å². The molecule has 0 saturated heterocycles. The topological polar surface area (TPSA) is 75.6 Å². The van der Waals surface area contributed by atoms with E-state index in [9.17, 15) is 4.79 Å². The van der Waals surface area contributed by atoms with E-state index < -0.39 is 11.4 Å². The SMILES string of the molecule is CN(C)CCN(C)CCC(C)(N)C(N)=O.